The van der Waals surface area contributed by atoms with Gasteiger partial charge >= 0.3 is 0 Å². The average molecular weight is 340 g/mol. The smallest absolute Gasteiger partial charge is 0.202 e. The number of rotatable bonds is 3. The lowest BCUT2D eigenvalue weighted by atomic mass is 9.86. The molecular weight excluding hydrogens is 318 g/mol. The van der Waals surface area contributed by atoms with Crippen molar-refractivity contribution >= 4 is 21.7 Å². The quantitative estimate of drug-likeness (QED) is 0.794. The Morgan fingerprint density at radius 1 is 1.20 bits per heavy atom. The first-order chi connectivity index (χ1) is 9.65. The SMILES string of the molecule is Cn1ncc(Br)c1C(=O)C1(N2CCCCC2)CCCC1. The van der Waals surface area contributed by atoms with E-state index in [0.29, 0.717) is 0 Å². The summed E-state index contributed by atoms with van der Waals surface area (Å²) in [4.78, 5) is 15.7. The van der Waals surface area contributed by atoms with Crippen molar-refractivity contribution in [2.75, 3.05) is 13.1 Å². The van der Waals surface area contributed by atoms with Gasteiger partial charge in [0.1, 0.15) is 5.69 Å². The van der Waals surface area contributed by atoms with E-state index < -0.39 is 0 Å². The molecular formula is C15H22BrN3O. The maximum absolute atomic E-state index is 13.2. The first kappa shape index (κ1) is 14.3. The Labute approximate surface area is 128 Å². The van der Waals surface area contributed by atoms with E-state index in [1.807, 2.05) is 7.05 Å². The van der Waals surface area contributed by atoms with Gasteiger partial charge in [-0.15, -0.1) is 0 Å². The summed E-state index contributed by atoms with van der Waals surface area (Å²) in [5.74, 6) is 0.267. The van der Waals surface area contributed by atoms with Gasteiger partial charge in [0.05, 0.1) is 16.2 Å². The van der Waals surface area contributed by atoms with Crippen LogP contribution in [0.5, 0.6) is 0 Å². The summed E-state index contributed by atoms with van der Waals surface area (Å²) in [6.45, 7) is 2.14. The van der Waals surface area contributed by atoms with Crippen LogP contribution in [-0.4, -0.2) is 39.1 Å². The molecule has 0 atom stereocenters. The van der Waals surface area contributed by atoms with Gasteiger partial charge in [-0.3, -0.25) is 14.4 Å². The largest absolute Gasteiger partial charge is 0.291 e. The molecule has 5 heteroatoms. The zero-order valence-electron chi connectivity index (χ0n) is 12.1. The molecule has 1 aromatic heterocycles. The molecule has 4 nitrogen and oxygen atoms in total. The second kappa shape index (κ2) is 5.60. The molecule has 2 fully saturated rings. The Kier molecular flexibility index (Phi) is 4.00. The topological polar surface area (TPSA) is 38.1 Å². The Balaban J connectivity index is 1.96. The highest BCUT2D eigenvalue weighted by atomic mass is 79.9. The minimum Gasteiger partial charge on any atom is -0.291 e. The third kappa shape index (κ3) is 2.25. The van der Waals surface area contributed by atoms with Crippen LogP contribution < -0.4 is 0 Å². The van der Waals surface area contributed by atoms with Crippen molar-refractivity contribution in [3.05, 3.63) is 16.4 Å². The molecule has 0 N–H and O–H groups in total. The lowest BCUT2D eigenvalue weighted by Crippen LogP contribution is -2.55. The highest BCUT2D eigenvalue weighted by molar-refractivity contribution is 9.10. The molecule has 0 bridgehead atoms. The van der Waals surface area contributed by atoms with Crippen molar-refractivity contribution in [1.82, 2.24) is 14.7 Å². The normalized spacial score (nSPS) is 23.1. The fourth-order valence-electron chi connectivity index (χ4n) is 3.86. The third-order valence-corrected chi connectivity index (χ3v) is 5.50. The summed E-state index contributed by atoms with van der Waals surface area (Å²) in [6, 6.07) is 0. The van der Waals surface area contributed by atoms with Crippen molar-refractivity contribution in [1.29, 1.82) is 0 Å². The molecule has 110 valence electrons. The molecule has 0 amide bonds. The van der Waals surface area contributed by atoms with Crippen molar-refractivity contribution in [3.8, 4) is 0 Å². The zero-order chi connectivity index (χ0) is 14.2. The summed E-state index contributed by atoms with van der Waals surface area (Å²) in [7, 11) is 1.86. The summed E-state index contributed by atoms with van der Waals surface area (Å²) >= 11 is 3.49. The predicted octanol–water partition coefficient (Wildman–Crippen LogP) is 3.16. The van der Waals surface area contributed by atoms with Crippen LogP contribution in [0.15, 0.2) is 10.7 Å². The fraction of sp³-hybridized carbons (Fsp3) is 0.733. The molecule has 0 aromatic carbocycles. The molecule has 0 spiro atoms. The maximum atomic E-state index is 13.2. The zero-order valence-corrected chi connectivity index (χ0v) is 13.7. The number of hydrogen-bond acceptors (Lipinski definition) is 3. The standard InChI is InChI=1S/C15H22BrN3O/c1-18-13(12(16)11-17-18)14(20)15(7-3-4-8-15)19-9-5-2-6-10-19/h11H,2-10H2,1H3. The maximum Gasteiger partial charge on any atom is 0.202 e. The second-order valence-electron chi connectivity index (χ2n) is 6.08. The molecule has 0 radical (unpaired) electrons. The van der Waals surface area contributed by atoms with Gasteiger partial charge in [0, 0.05) is 7.05 Å². The summed E-state index contributed by atoms with van der Waals surface area (Å²) in [6.07, 6.45) is 9.81. The van der Waals surface area contributed by atoms with Crippen LogP contribution in [0.1, 0.15) is 55.4 Å². The van der Waals surface area contributed by atoms with Gasteiger partial charge in [0.2, 0.25) is 5.78 Å². The monoisotopic (exact) mass is 339 g/mol. The Morgan fingerprint density at radius 3 is 2.40 bits per heavy atom. The number of aromatic nitrogens is 2. The Morgan fingerprint density at radius 2 is 1.85 bits per heavy atom. The highest BCUT2D eigenvalue weighted by Gasteiger charge is 2.47. The van der Waals surface area contributed by atoms with Crippen LogP contribution in [0.3, 0.4) is 0 Å². The van der Waals surface area contributed by atoms with Gasteiger partial charge in [-0.1, -0.05) is 19.3 Å². The average Bonchev–Trinajstić information content (AvgIpc) is 3.08. The second-order valence-corrected chi connectivity index (χ2v) is 6.93. The van der Waals surface area contributed by atoms with E-state index in [2.05, 4.69) is 25.9 Å². The fourth-order valence-corrected chi connectivity index (χ4v) is 4.38. The molecule has 1 saturated heterocycles. The number of Topliss-reactive ketones (excluding diaryl/α,β-unsaturated/α-hetero) is 1. The van der Waals surface area contributed by atoms with Gasteiger partial charge in [-0.25, -0.2) is 0 Å². The van der Waals surface area contributed by atoms with Crippen LogP contribution in [0.4, 0.5) is 0 Å². The first-order valence-electron chi connectivity index (χ1n) is 7.62. The van der Waals surface area contributed by atoms with Gasteiger partial charge in [-0.05, 0) is 54.7 Å². The minimum absolute atomic E-state index is 0.267. The van der Waals surface area contributed by atoms with Gasteiger partial charge in [0.25, 0.3) is 0 Å². The Hall–Kier alpha value is -0.680. The van der Waals surface area contributed by atoms with Gasteiger partial charge < -0.3 is 0 Å². The molecule has 1 aliphatic heterocycles. The number of halogens is 1. The van der Waals surface area contributed by atoms with Gasteiger partial charge in [-0.2, -0.15) is 5.10 Å². The van der Waals surface area contributed by atoms with E-state index >= 15 is 0 Å². The molecule has 0 unspecified atom stereocenters. The molecule has 2 heterocycles. The van der Waals surface area contributed by atoms with E-state index in [1.54, 1.807) is 10.9 Å². The minimum atomic E-state index is -0.267. The predicted molar refractivity (Wildman–Crippen MR) is 81.9 cm³/mol. The number of ketones is 1. The van der Waals surface area contributed by atoms with Crippen molar-refractivity contribution in [3.63, 3.8) is 0 Å². The first-order valence-corrected chi connectivity index (χ1v) is 8.42. The van der Waals surface area contributed by atoms with E-state index in [-0.39, 0.29) is 11.3 Å². The summed E-state index contributed by atoms with van der Waals surface area (Å²) in [5.41, 5.74) is 0.467. The summed E-state index contributed by atoms with van der Waals surface area (Å²) < 4.78 is 2.55. The van der Waals surface area contributed by atoms with Crippen LogP contribution in [0.2, 0.25) is 0 Å². The number of carbonyl (C=O) groups is 1. The Bertz CT molecular complexity index is 480. The lowest BCUT2D eigenvalue weighted by molar-refractivity contribution is 0.0467. The van der Waals surface area contributed by atoms with E-state index in [4.69, 9.17) is 0 Å². The van der Waals surface area contributed by atoms with Crippen LogP contribution in [0.25, 0.3) is 0 Å². The molecule has 20 heavy (non-hydrogen) atoms. The van der Waals surface area contributed by atoms with Gasteiger partial charge in [0.15, 0.2) is 0 Å². The molecule has 1 saturated carbocycles. The van der Waals surface area contributed by atoms with Crippen LogP contribution in [-0.2, 0) is 7.05 Å². The number of piperidine rings is 1. The number of carbonyl (C=O) groups excluding carboxylic acids is 1. The summed E-state index contributed by atoms with van der Waals surface area (Å²) in [5, 5.41) is 4.22. The molecule has 3 rings (SSSR count). The van der Waals surface area contributed by atoms with E-state index in [9.17, 15) is 4.79 Å². The number of nitrogens with zero attached hydrogens (tertiary/aromatic N) is 3. The third-order valence-electron chi connectivity index (χ3n) is 4.92. The van der Waals surface area contributed by atoms with Crippen molar-refractivity contribution in [2.24, 2.45) is 7.05 Å². The number of likely N-dealkylation sites (tertiary alicyclic amines) is 1. The van der Waals surface area contributed by atoms with Crippen molar-refractivity contribution < 1.29 is 4.79 Å². The number of hydrogen-bond donors (Lipinski definition) is 0. The van der Waals surface area contributed by atoms with E-state index in [0.717, 1.165) is 48.9 Å². The number of aryl methyl sites for hydroxylation is 1. The van der Waals surface area contributed by atoms with Crippen LogP contribution in [0, 0.1) is 0 Å². The molecule has 1 aromatic rings. The highest BCUT2D eigenvalue weighted by Crippen LogP contribution is 2.40. The molecule has 2 aliphatic rings. The lowest BCUT2D eigenvalue weighted by Gasteiger charge is -2.42. The van der Waals surface area contributed by atoms with Crippen molar-refractivity contribution in [2.45, 2.75) is 50.5 Å². The molecule has 1 aliphatic carbocycles. The van der Waals surface area contributed by atoms with E-state index in [1.165, 1.54) is 19.3 Å². The van der Waals surface area contributed by atoms with Crippen LogP contribution >= 0.6 is 15.9 Å².